The van der Waals surface area contributed by atoms with Crippen LogP contribution in [0.25, 0.3) is 0 Å². The summed E-state index contributed by atoms with van der Waals surface area (Å²) in [4.78, 5) is 0. The summed E-state index contributed by atoms with van der Waals surface area (Å²) in [7, 11) is 0. The highest BCUT2D eigenvalue weighted by Gasteiger charge is 1.76. The maximum absolute atomic E-state index is 2.18. The second-order valence-electron chi connectivity index (χ2n) is 1.99. The van der Waals surface area contributed by atoms with Crippen LogP contribution in [0, 0.1) is 6.42 Å². The summed E-state index contributed by atoms with van der Waals surface area (Å²) in [5, 5.41) is 0. The molecule has 0 unspecified atom stereocenters. The summed E-state index contributed by atoms with van der Waals surface area (Å²) in [5.41, 5.74) is 0. The van der Waals surface area contributed by atoms with Gasteiger partial charge in [0.15, 0.2) is 0 Å². The Balaban J connectivity index is 2.43. The minimum Gasteiger partial charge on any atom is -0.0844 e. The lowest BCUT2D eigenvalue weighted by atomic mass is 10.3. The normalized spacial score (nSPS) is 29.3. The first-order valence-electron chi connectivity index (χ1n) is 3.30. The van der Waals surface area contributed by atoms with E-state index in [-0.39, 0.29) is 0 Å². The van der Waals surface area contributed by atoms with Crippen molar-refractivity contribution in [3.05, 3.63) is 42.9 Å². The van der Waals surface area contributed by atoms with Crippen LogP contribution >= 0.6 is 0 Å². The van der Waals surface area contributed by atoms with E-state index in [2.05, 4.69) is 42.9 Å². The monoisotopic (exact) mass is 119 g/mol. The molecule has 1 aliphatic carbocycles. The van der Waals surface area contributed by atoms with Gasteiger partial charge in [-0.1, -0.05) is 36.5 Å². The molecule has 0 aromatic heterocycles. The van der Waals surface area contributed by atoms with Crippen LogP contribution in [-0.2, 0) is 0 Å². The summed E-state index contributed by atoms with van der Waals surface area (Å²) in [6.07, 6.45) is 17.0. The van der Waals surface area contributed by atoms with Gasteiger partial charge in [0, 0.05) is 6.42 Å². The van der Waals surface area contributed by atoms with Crippen LogP contribution < -0.4 is 0 Å². The minimum absolute atomic E-state index is 1.07. The Morgan fingerprint density at radius 1 is 0.667 bits per heavy atom. The predicted octanol–water partition coefficient (Wildman–Crippen LogP) is 2.65. The zero-order chi connectivity index (χ0) is 6.36. The molecule has 0 N–H and O–H groups in total. The van der Waals surface area contributed by atoms with Crippen LogP contribution in [0.1, 0.15) is 12.8 Å². The fraction of sp³-hybridized carbons (Fsp3) is 0.222. The summed E-state index contributed by atoms with van der Waals surface area (Å²) in [6.45, 7) is 0. The molecule has 9 heavy (non-hydrogen) atoms. The lowest BCUT2D eigenvalue weighted by Crippen LogP contribution is -1.57. The Kier molecular flexibility index (Phi) is 2.91. The summed E-state index contributed by atoms with van der Waals surface area (Å²) in [6, 6.07) is 0. The standard InChI is InChI=1S/C9H11/c1-2-4-6-8-9-7-5-3-1/h1-5,8-9H,6-7H2/b4-2-,5-3-,9-8-. The smallest absolute Gasteiger partial charge is 0.00443 e. The van der Waals surface area contributed by atoms with Crippen molar-refractivity contribution in [3.8, 4) is 0 Å². The molecule has 0 heteroatoms. The van der Waals surface area contributed by atoms with E-state index in [9.17, 15) is 0 Å². The van der Waals surface area contributed by atoms with Gasteiger partial charge in [-0.15, -0.1) is 0 Å². The average Bonchev–Trinajstić information content (AvgIpc) is 2.00. The van der Waals surface area contributed by atoms with E-state index in [0.29, 0.717) is 0 Å². The molecule has 0 aromatic rings. The zero-order valence-corrected chi connectivity index (χ0v) is 5.46. The highest BCUT2D eigenvalue weighted by Crippen LogP contribution is 1.96. The Morgan fingerprint density at radius 3 is 1.78 bits per heavy atom. The summed E-state index contributed by atoms with van der Waals surface area (Å²) < 4.78 is 0. The summed E-state index contributed by atoms with van der Waals surface area (Å²) in [5.74, 6) is 0. The van der Waals surface area contributed by atoms with Crippen molar-refractivity contribution >= 4 is 0 Å². The van der Waals surface area contributed by atoms with Gasteiger partial charge in [-0.05, 0) is 12.8 Å². The predicted molar refractivity (Wildman–Crippen MR) is 41.0 cm³/mol. The number of hydrogen-bond acceptors (Lipinski definition) is 0. The molecule has 0 bridgehead atoms. The Bertz CT molecular complexity index is 97.6. The van der Waals surface area contributed by atoms with E-state index in [1.807, 2.05) is 0 Å². The van der Waals surface area contributed by atoms with Crippen LogP contribution in [0.4, 0.5) is 0 Å². The fourth-order valence-electron chi connectivity index (χ4n) is 0.728. The maximum Gasteiger partial charge on any atom is 0.00443 e. The molecule has 47 valence electrons. The lowest BCUT2D eigenvalue weighted by Gasteiger charge is -1.76. The van der Waals surface area contributed by atoms with E-state index in [0.717, 1.165) is 12.8 Å². The molecular weight excluding hydrogens is 108 g/mol. The molecule has 1 rings (SSSR count). The molecule has 1 aliphatic rings. The van der Waals surface area contributed by atoms with Crippen molar-refractivity contribution in [3.63, 3.8) is 0 Å². The quantitative estimate of drug-likeness (QED) is 0.430. The van der Waals surface area contributed by atoms with Crippen molar-refractivity contribution in [2.24, 2.45) is 0 Å². The second-order valence-corrected chi connectivity index (χ2v) is 1.99. The number of allylic oxidation sites excluding steroid dienone is 6. The van der Waals surface area contributed by atoms with Crippen LogP contribution in [0.5, 0.6) is 0 Å². The molecule has 0 spiro atoms. The SMILES string of the molecule is [CH]1/C=C\C/C=C\C/C=C\1. The van der Waals surface area contributed by atoms with Gasteiger partial charge in [0.25, 0.3) is 0 Å². The largest absolute Gasteiger partial charge is 0.0844 e. The van der Waals surface area contributed by atoms with E-state index < -0.39 is 0 Å². The first-order valence-corrected chi connectivity index (χ1v) is 3.30. The van der Waals surface area contributed by atoms with Gasteiger partial charge in [0.2, 0.25) is 0 Å². The van der Waals surface area contributed by atoms with Crippen LogP contribution in [0.2, 0.25) is 0 Å². The first-order chi connectivity index (χ1) is 4.50. The molecule has 1 radical (unpaired) electrons. The molecule has 0 fully saturated rings. The molecule has 0 heterocycles. The van der Waals surface area contributed by atoms with E-state index in [1.54, 1.807) is 0 Å². The van der Waals surface area contributed by atoms with Gasteiger partial charge in [0.05, 0.1) is 0 Å². The maximum atomic E-state index is 2.18. The molecule has 0 saturated carbocycles. The van der Waals surface area contributed by atoms with Gasteiger partial charge in [-0.25, -0.2) is 0 Å². The third-order valence-corrected chi connectivity index (χ3v) is 1.21. The third-order valence-electron chi connectivity index (χ3n) is 1.21. The van der Waals surface area contributed by atoms with Crippen LogP contribution in [-0.4, -0.2) is 0 Å². The van der Waals surface area contributed by atoms with Gasteiger partial charge in [-0.3, -0.25) is 0 Å². The topological polar surface area (TPSA) is 0 Å². The Labute approximate surface area is 56.6 Å². The molecule has 0 saturated heterocycles. The van der Waals surface area contributed by atoms with Crippen molar-refractivity contribution in [2.45, 2.75) is 12.8 Å². The highest BCUT2D eigenvalue weighted by atomic mass is 13.8. The van der Waals surface area contributed by atoms with Gasteiger partial charge in [0.1, 0.15) is 0 Å². The van der Waals surface area contributed by atoms with Gasteiger partial charge >= 0.3 is 0 Å². The average molecular weight is 119 g/mol. The number of hydrogen-bond donors (Lipinski definition) is 0. The molecular formula is C9H11. The van der Waals surface area contributed by atoms with E-state index in [1.165, 1.54) is 0 Å². The van der Waals surface area contributed by atoms with Crippen LogP contribution in [0.15, 0.2) is 36.5 Å². The molecule has 0 aliphatic heterocycles. The van der Waals surface area contributed by atoms with E-state index in [4.69, 9.17) is 0 Å². The lowest BCUT2D eigenvalue weighted by molar-refractivity contribution is 1.32. The minimum atomic E-state index is 1.07. The van der Waals surface area contributed by atoms with Crippen molar-refractivity contribution in [1.29, 1.82) is 0 Å². The third kappa shape index (κ3) is 2.91. The van der Waals surface area contributed by atoms with Crippen molar-refractivity contribution < 1.29 is 0 Å². The summed E-state index contributed by atoms with van der Waals surface area (Å²) >= 11 is 0. The van der Waals surface area contributed by atoms with Gasteiger partial charge < -0.3 is 0 Å². The molecule has 0 aromatic carbocycles. The Hall–Kier alpha value is -0.780. The zero-order valence-electron chi connectivity index (χ0n) is 5.46. The van der Waals surface area contributed by atoms with Crippen molar-refractivity contribution in [1.82, 2.24) is 0 Å². The van der Waals surface area contributed by atoms with Crippen LogP contribution in [0.3, 0.4) is 0 Å². The van der Waals surface area contributed by atoms with E-state index >= 15 is 0 Å². The fourth-order valence-corrected chi connectivity index (χ4v) is 0.728. The molecule has 0 amide bonds. The molecule has 0 nitrogen and oxygen atoms in total. The Morgan fingerprint density at radius 2 is 1.22 bits per heavy atom. The van der Waals surface area contributed by atoms with Crippen molar-refractivity contribution in [2.75, 3.05) is 0 Å². The second kappa shape index (κ2) is 4.13. The molecule has 0 atom stereocenters. The highest BCUT2D eigenvalue weighted by molar-refractivity contribution is 5.12. The first kappa shape index (κ1) is 6.34. The van der Waals surface area contributed by atoms with Gasteiger partial charge in [-0.2, -0.15) is 0 Å². The number of rotatable bonds is 0.